The summed E-state index contributed by atoms with van der Waals surface area (Å²) >= 11 is 1.58. The molecular weight excluding hydrogens is 410 g/mol. The molecule has 0 radical (unpaired) electrons. The molecule has 1 aromatic heterocycles. The van der Waals surface area contributed by atoms with E-state index in [1.54, 1.807) is 29.5 Å². The van der Waals surface area contributed by atoms with Gasteiger partial charge in [0.25, 0.3) is 11.8 Å². The van der Waals surface area contributed by atoms with Crippen molar-refractivity contribution >= 4 is 23.2 Å². The van der Waals surface area contributed by atoms with Crippen molar-refractivity contribution < 1.29 is 14.3 Å². The Hall–Kier alpha value is -3.19. The maximum absolute atomic E-state index is 12.6. The predicted octanol–water partition coefficient (Wildman–Crippen LogP) is 4.20. The molecule has 2 aromatic carbocycles. The molecule has 6 nitrogen and oxygen atoms in total. The Kier molecular flexibility index (Phi) is 6.62. The minimum Gasteiger partial charge on any atom is -0.487 e. The van der Waals surface area contributed by atoms with E-state index in [-0.39, 0.29) is 11.8 Å². The van der Waals surface area contributed by atoms with Gasteiger partial charge in [-0.1, -0.05) is 18.2 Å². The molecule has 0 unspecified atom stereocenters. The zero-order valence-corrected chi connectivity index (χ0v) is 18.3. The quantitative estimate of drug-likeness (QED) is 0.604. The van der Waals surface area contributed by atoms with E-state index < -0.39 is 0 Å². The van der Waals surface area contributed by atoms with Crippen LogP contribution in [0.3, 0.4) is 0 Å². The first-order valence-electron chi connectivity index (χ1n) is 10.4. The summed E-state index contributed by atoms with van der Waals surface area (Å²) in [5, 5.41) is 5.89. The number of nitrogens with one attached hydrogen (secondary N) is 1. The highest BCUT2D eigenvalue weighted by Crippen LogP contribution is 2.17. The number of hydrogen-bond donors (Lipinski definition) is 1. The topological polar surface area (TPSA) is 71.5 Å². The minimum absolute atomic E-state index is 0.0610. The largest absolute Gasteiger partial charge is 0.487 e. The average molecular weight is 436 g/mol. The van der Waals surface area contributed by atoms with Gasteiger partial charge >= 0.3 is 0 Å². The van der Waals surface area contributed by atoms with Crippen molar-refractivity contribution in [2.75, 3.05) is 13.1 Å². The molecule has 7 heteroatoms. The SMILES string of the molecule is Cc1nc(COc2cccc(C(=O)NCc3cccc(C(=O)N4CCCC4)c3)c2)cs1. The standard InChI is InChI=1S/C24H25N3O3S/c1-17-26-21(16-31-17)15-30-22-9-5-7-19(13-22)23(28)25-14-18-6-4-8-20(12-18)24(29)27-10-2-3-11-27/h4-9,12-13,16H,2-3,10-11,14-15H2,1H3,(H,25,28). The fourth-order valence-electron chi connectivity index (χ4n) is 3.56. The molecular formula is C24H25N3O3S. The number of hydrogen-bond acceptors (Lipinski definition) is 5. The van der Waals surface area contributed by atoms with Crippen molar-refractivity contribution in [3.05, 3.63) is 81.3 Å². The van der Waals surface area contributed by atoms with Gasteiger partial charge in [0.2, 0.25) is 0 Å². The molecule has 2 heterocycles. The molecule has 4 rings (SSSR count). The number of ether oxygens (including phenoxy) is 1. The van der Waals surface area contributed by atoms with Gasteiger partial charge in [-0.3, -0.25) is 9.59 Å². The Labute approximate surface area is 185 Å². The molecule has 0 bridgehead atoms. The van der Waals surface area contributed by atoms with E-state index >= 15 is 0 Å². The van der Waals surface area contributed by atoms with Crippen molar-refractivity contribution in [2.45, 2.75) is 32.9 Å². The second-order valence-corrected chi connectivity index (χ2v) is 8.62. The van der Waals surface area contributed by atoms with E-state index in [4.69, 9.17) is 4.74 Å². The molecule has 160 valence electrons. The molecule has 3 aromatic rings. The van der Waals surface area contributed by atoms with Gasteiger partial charge in [0.05, 0.1) is 10.7 Å². The highest BCUT2D eigenvalue weighted by molar-refractivity contribution is 7.09. The zero-order valence-electron chi connectivity index (χ0n) is 17.5. The lowest BCUT2D eigenvalue weighted by Crippen LogP contribution is -2.28. The summed E-state index contributed by atoms with van der Waals surface area (Å²) in [5.74, 6) is 0.494. The molecule has 1 fully saturated rings. The first kappa shape index (κ1) is 21.1. The highest BCUT2D eigenvalue weighted by atomic mass is 32.1. The Morgan fingerprint density at radius 2 is 1.87 bits per heavy atom. The summed E-state index contributed by atoms with van der Waals surface area (Å²) < 4.78 is 5.77. The fraction of sp³-hybridized carbons (Fsp3) is 0.292. The van der Waals surface area contributed by atoms with E-state index in [1.807, 2.05) is 47.5 Å². The number of aryl methyl sites for hydroxylation is 1. The molecule has 1 N–H and O–H groups in total. The fourth-order valence-corrected chi connectivity index (χ4v) is 4.16. The molecule has 31 heavy (non-hydrogen) atoms. The van der Waals surface area contributed by atoms with Crippen LogP contribution in [0.1, 0.15) is 49.8 Å². The van der Waals surface area contributed by atoms with Crippen molar-refractivity contribution in [2.24, 2.45) is 0 Å². The van der Waals surface area contributed by atoms with Gasteiger partial charge < -0.3 is 15.0 Å². The first-order chi connectivity index (χ1) is 15.1. The number of thiazole rings is 1. The third kappa shape index (κ3) is 5.49. The van der Waals surface area contributed by atoms with Crippen molar-refractivity contribution in [3.63, 3.8) is 0 Å². The molecule has 1 aliphatic rings. The first-order valence-corrected chi connectivity index (χ1v) is 11.3. The lowest BCUT2D eigenvalue weighted by atomic mass is 10.1. The molecule has 0 aliphatic carbocycles. The van der Waals surface area contributed by atoms with Gasteiger partial charge in [-0.15, -0.1) is 11.3 Å². The predicted molar refractivity (Wildman–Crippen MR) is 120 cm³/mol. The van der Waals surface area contributed by atoms with Gasteiger partial charge in [0, 0.05) is 36.1 Å². The van der Waals surface area contributed by atoms with Crippen molar-refractivity contribution in [1.82, 2.24) is 15.2 Å². The van der Waals surface area contributed by atoms with Crippen LogP contribution in [0.25, 0.3) is 0 Å². The summed E-state index contributed by atoms with van der Waals surface area (Å²) in [5.41, 5.74) is 2.96. The molecule has 0 atom stereocenters. The van der Waals surface area contributed by atoms with E-state index in [9.17, 15) is 9.59 Å². The van der Waals surface area contributed by atoms with E-state index in [1.165, 1.54) is 0 Å². The van der Waals surface area contributed by atoms with Gasteiger partial charge in [0.15, 0.2) is 0 Å². The number of rotatable bonds is 7. The third-order valence-corrected chi connectivity index (χ3v) is 5.99. The molecule has 0 saturated carbocycles. The van der Waals surface area contributed by atoms with Crippen LogP contribution in [0.5, 0.6) is 5.75 Å². The number of nitrogens with zero attached hydrogens (tertiary/aromatic N) is 2. The second kappa shape index (κ2) is 9.75. The zero-order chi connectivity index (χ0) is 21.6. The maximum atomic E-state index is 12.6. The number of benzene rings is 2. The summed E-state index contributed by atoms with van der Waals surface area (Å²) in [6, 6.07) is 14.6. The van der Waals surface area contributed by atoms with Crippen molar-refractivity contribution in [1.29, 1.82) is 0 Å². The maximum Gasteiger partial charge on any atom is 0.253 e. The lowest BCUT2D eigenvalue weighted by Gasteiger charge is -2.15. The number of carbonyl (C=O) groups is 2. The smallest absolute Gasteiger partial charge is 0.253 e. The van der Waals surface area contributed by atoms with Crippen molar-refractivity contribution in [3.8, 4) is 5.75 Å². The third-order valence-electron chi connectivity index (χ3n) is 5.17. The molecule has 1 aliphatic heterocycles. The van der Waals surface area contributed by atoms with Gasteiger partial charge in [0.1, 0.15) is 12.4 Å². The van der Waals surface area contributed by atoms with E-state index in [0.29, 0.717) is 30.0 Å². The number of amides is 2. The van der Waals surface area contributed by atoms with Gasteiger partial charge in [-0.05, 0) is 55.7 Å². The summed E-state index contributed by atoms with van der Waals surface area (Å²) in [6.07, 6.45) is 2.13. The highest BCUT2D eigenvalue weighted by Gasteiger charge is 2.19. The molecule has 2 amide bonds. The molecule has 0 spiro atoms. The summed E-state index contributed by atoms with van der Waals surface area (Å²) in [6.45, 7) is 4.31. The summed E-state index contributed by atoms with van der Waals surface area (Å²) in [7, 11) is 0. The minimum atomic E-state index is -0.189. The van der Waals surface area contributed by atoms with Crippen LogP contribution in [-0.2, 0) is 13.2 Å². The van der Waals surface area contributed by atoms with Crippen LogP contribution in [0, 0.1) is 6.92 Å². The Bertz CT molecular complexity index is 1070. The Balaban J connectivity index is 1.34. The van der Waals surface area contributed by atoms with Crippen LogP contribution in [0.4, 0.5) is 0 Å². The van der Waals surface area contributed by atoms with Crippen LogP contribution in [0.15, 0.2) is 53.9 Å². The average Bonchev–Trinajstić information content (AvgIpc) is 3.48. The lowest BCUT2D eigenvalue weighted by molar-refractivity contribution is 0.0792. The van der Waals surface area contributed by atoms with Gasteiger partial charge in [-0.2, -0.15) is 0 Å². The second-order valence-electron chi connectivity index (χ2n) is 7.56. The monoisotopic (exact) mass is 435 g/mol. The van der Waals surface area contributed by atoms with Crippen LogP contribution >= 0.6 is 11.3 Å². The van der Waals surface area contributed by atoms with Crippen LogP contribution in [0.2, 0.25) is 0 Å². The van der Waals surface area contributed by atoms with E-state index in [0.717, 1.165) is 42.2 Å². The number of likely N-dealkylation sites (tertiary alicyclic amines) is 1. The number of carbonyl (C=O) groups excluding carboxylic acids is 2. The normalized spacial score (nSPS) is 13.3. The number of aromatic nitrogens is 1. The Morgan fingerprint density at radius 3 is 2.65 bits per heavy atom. The van der Waals surface area contributed by atoms with Crippen LogP contribution < -0.4 is 10.1 Å². The Morgan fingerprint density at radius 1 is 1.10 bits per heavy atom. The van der Waals surface area contributed by atoms with E-state index in [2.05, 4.69) is 10.3 Å². The van der Waals surface area contributed by atoms with Gasteiger partial charge in [-0.25, -0.2) is 4.98 Å². The summed E-state index contributed by atoms with van der Waals surface area (Å²) in [4.78, 5) is 31.5. The molecule has 1 saturated heterocycles. The van der Waals surface area contributed by atoms with Crippen LogP contribution in [-0.4, -0.2) is 34.8 Å².